The normalized spacial score (nSPS) is 12.9. The van der Waals surface area contributed by atoms with Crippen molar-refractivity contribution in [2.45, 2.75) is 13.3 Å². The summed E-state index contributed by atoms with van der Waals surface area (Å²) in [6.45, 7) is 2.32. The maximum atomic E-state index is 9.01. The summed E-state index contributed by atoms with van der Waals surface area (Å²) in [4.78, 5) is 0. The van der Waals surface area contributed by atoms with E-state index in [1.165, 1.54) is 16.3 Å². The Labute approximate surface area is 90.4 Å². The Hall–Kier alpha value is -1.34. The van der Waals surface area contributed by atoms with Crippen LogP contribution in [-0.2, 0) is 6.42 Å². The van der Waals surface area contributed by atoms with Crippen LogP contribution in [0.25, 0.3) is 10.8 Å². The molecule has 0 fully saturated rings. The van der Waals surface area contributed by atoms with Gasteiger partial charge >= 0.3 is 0 Å². The lowest BCUT2D eigenvalue weighted by Crippen LogP contribution is -2.04. The quantitative estimate of drug-likeness (QED) is 0.807. The van der Waals surface area contributed by atoms with E-state index in [9.17, 15) is 0 Å². The minimum absolute atomic E-state index is 0.257. The van der Waals surface area contributed by atoms with E-state index in [-0.39, 0.29) is 6.61 Å². The Morgan fingerprint density at radius 3 is 2.53 bits per heavy atom. The second-order valence-corrected chi connectivity index (χ2v) is 4.17. The summed E-state index contributed by atoms with van der Waals surface area (Å²) in [7, 11) is 0. The predicted molar refractivity (Wildman–Crippen MR) is 63.9 cm³/mol. The van der Waals surface area contributed by atoms with Gasteiger partial charge in [-0.15, -0.1) is 0 Å². The van der Waals surface area contributed by atoms with Crippen molar-refractivity contribution >= 4 is 10.8 Å². The lowest BCUT2D eigenvalue weighted by Gasteiger charge is -2.08. The summed E-state index contributed by atoms with van der Waals surface area (Å²) in [5, 5.41) is 11.6. The molecule has 0 aliphatic heterocycles. The average molecular weight is 200 g/mol. The van der Waals surface area contributed by atoms with Gasteiger partial charge in [-0.05, 0) is 28.7 Å². The first kappa shape index (κ1) is 10.2. The van der Waals surface area contributed by atoms with Gasteiger partial charge in [0.15, 0.2) is 0 Å². The van der Waals surface area contributed by atoms with E-state index in [1.54, 1.807) is 0 Å². The van der Waals surface area contributed by atoms with Gasteiger partial charge in [-0.2, -0.15) is 0 Å². The summed E-state index contributed by atoms with van der Waals surface area (Å²) in [5.41, 5.74) is 1.30. The molecule has 0 amide bonds. The fourth-order valence-electron chi connectivity index (χ4n) is 1.83. The van der Waals surface area contributed by atoms with Crippen LogP contribution in [0.1, 0.15) is 12.5 Å². The molecule has 0 aliphatic rings. The van der Waals surface area contributed by atoms with Crippen molar-refractivity contribution in [1.82, 2.24) is 0 Å². The van der Waals surface area contributed by atoms with Crippen LogP contribution in [0.5, 0.6) is 0 Å². The second kappa shape index (κ2) is 4.45. The van der Waals surface area contributed by atoms with E-state index in [0.717, 1.165) is 6.42 Å². The van der Waals surface area contributed by atoms with E-state index in [4.69, 9.17) is 5.11 Å². The molecule has 78 valence electrons. The van der Waals surface area contributed by atoms with Crippen LogP contribution in [0.3, 0.4) is 0 Å². The summed E-state index contributed by atoms with van der Waals surface area (Å²) in [5.74, 6) is 0.339. The zero-order valence-corrected chi connectivity index (χ0v) is 8.98. The Morgan fingerprint density at radius 2 is 1.80 bits per heavy atom. The third-order valence-electron chi connectivity index (χ3n) is 2.71. The van der Waals surface area contributed by atoms with Gasteiger partial charge in [0.1, 0.15) is 0 Å². The van der Waals surface area contributed by atoms with Crippen LogP contribution in [0.2, 0.25) is 0 Å². The van der Waals surface area contributed by atoms with Crippen LogP contribution in [0, 0.1) is 5.92 Å². The fraction of sp³-hybridized carbons (Fsp3) is 0.286. The molecule has 1 N–H and O–H groups in total. The van der Waals surface area contributed by atoms with E-state index < -0.39 is 0 Å². The van der Waals surface area contributed by atoms with Gasteiger partial charge in [-0.3, -0.25) is 0 Å². The van der Waals surface area contributed by atoms with Gasteiger partial charge < -0.3 is 5.11 Å². The number of fused-ring (bicyclic) bond motifs is 1. The standard InChI is InChI=1S/C14H16O/c1-11(10-15)8-12-6-7-13-4-2-3-5-14(13)9-12/h2-7,9,11,15H,8,10H2,1H3/t11-/m1/s1. The molecule has 0 unspecified atom stereocenters. The Kier molecular flexibility index (Phi) is 3.02. The molecule has 1 heteroatoms. The first-order valence-electron chi connectivity index (χ1n) is 5.38. The molecule has 0 radical (unpaired) electrons. The zero-order chi connectivity index (χ0) is 10.7. The van der Waals surface area contributed by atoms with Crippen molar-refractivity contribution < 1.29 is 5.11 Å². The molecule has 0 bridgehead atoms. The Bertz CT molecular complexity index is 448. The predicted octanol–water partition coefficient (Wildman–Crippen LogP) is 3.01. The van der Waals surface area contributed by atoms with Crippen LogP contribution < -0.4 is 0 Å². The molecule has 1 atom stereocenters. The van der Waals surface area contributed by atoms with Crippen molar-refractivity contribution in [3.05, 3.63) is 48.0 Å². The maximum absolute atomic E-state index is 9.01. The van der Waals surface area contributed by atoms with Crippen molar-refractivity contribution in [3.63, 3.8) is 0 Å². The second-order valence-electron chi connectivity index (χ2n) is 4.17. The molecule has 2 aromatic rings. The van der Waals surface area contributed by atoms with E-state index in [2.05, 4.69) is 49.4 Å². The SMILES string of the molecule is C[C@@H](CO)Cc1ccc2ccccc2c1. The summed E-state index contributed by atoms with van der Waals surface area (Å²) in [6, 6.07) is 14.9. The highest BCUT2D eigenvalue weighted by Crippen LogP contribution is 2.17. The maximum Gasteiger partial charge on any atom is 0.0459 e. The highest BCUT2D eigenvalue weighted by molar-refractivity contribution is 5.82. The number of aliphatic hydroxyl groups excluding tert-OH is 1. The van der Waals surface area contributed by atoms with Crippen LogP contribution >= 0.6 is 0 Å². The molecule has 1 nitrogen and oxygen atoms in total. The first-order chi connectivity index (χ1) is 7.29. The molecule has 0 heterocycles. The van der Waals surface area contributed by atoms with Crippen molar-refractivity contribution in [2.75, 3.05) is 6.61 Å². The molecule has 2 rings (SSSR count). The monoisotopic (exact) mass is 200 g/mol. The molecule has 0 spiro atoms. The number of hydrogen-bond donors (Lipinski definition) is 1. The third kappa shape index (κ3) is 2.37. The molecular formula is C14H16O. The van der Waals surface area contributed by atoms with Crippen LogP contribution in [-0.4, -0.2) is 11.7 Å². The van der Waals surface area contributed by atoms with Gasteiger partial charge in [0.05, 0.1) is 0 Å². The number of benzene rings is 2. The van der Waals surface area contributed by atoms with Crippen LogP contribution in [0.4, 0.5) is 0 Å². The molecule has 15 heavy (non-hydrogen) atoms. The van der Waals surface area contributed by atoms with Crippen molar-refractivity contribution in [3.8, 4) is 0 Å². The minimum atomic E-state index is 0.257. The summed E-state index contributed by atoms with van der Waals surface area (Å²) in [6.07, 6.45) is 0.946. The topological polar surface area (TPSA) is 20.2 Å². The lowest BCUT2D eigenvalue weighted by molar-refractivity contribution is 0.237. The van der Waals surface area contributed by atoms with E-state index in [0.29, 0.717) is 5.92 Å². The van der Waals surface area contributed by atoms with Gasteiger partial charge in [-0.1, -0.05) is 49.4 Å². The molecular weight excluding hydrogens is 184 g/mol. The molecule has 0 saturated carbocycles. The third-order valence-corrected chi connectivity index (χ3v) is 2.71. The Morgan fingerprint density at radius 1 is 1.07 bits per heavy atom. The molecule has 0 aliphatic carbocycles. The zero-order valence-electron chi connectivity index (χ0n) is 8.98. The number of aliphatic hydroxyl groups is 1. The van der Waals surface area contributed by atoms with Gasteiger partial charge in [0.2, 0.25) is 0 Å². The van der Waals surface area contributed by atoms with Gasteiger partial charge in [0.25, 0.3) is 0 Å². The highest BCUT2D eigenvalue weighted by Gasteiger charge is 2.02. The fourth-order valence-corrected chi connectivity index (χ4v) is 1.83. The lowest BCUT2D eigenvalue weighted by atomic mass is 9.99. The molecule has 2 aromatic carbocycles. The number of hydrogen-bond acceptors (Lipinski definition) is 1. The van der Waals surface area contributed by atoms with E-state index >= 15 is 0 Å². The Balaban J connectivity index is 2.30. The molecule has 0 saturated heterocycles. The minimum Gasteiger partial charge on any atom is -0.396 e. The number of rotatable bonds is 3. The van der Waals surface area contributed by atoms with Crippen molar-refractivity contribution in [2.24, 2.45) is 5.92 Å². The average Bonchev–Trinajstić information content (AvgIpc) is 2.29. The van der Waals surface area contributed by atoms with E-state index in [1.807, 2.05) is 0 Å². The first-order valence-corrected chi connectivity index (χ1v) is 5.38. The molecule has 0 aromatic heterocycles. The highest BCUT2D eigenvalue weighted by atomic mass is 16.3. The van der Waals surface area contributed by atoms with Crippen molar-refractivity contribution in [1.29, 1.82) is 0 Å². The summed E-state index contributed by atoms with van der Waals surface area (Å²) < 4.78 is 0. The smallest absolute Gasteiger partial charge is 0.0459 e. The summed E-state index contributed by atoms with van der Waals surface area (Å²) >= 11 is 0. The van der Waals surface area contributed by atoms with Gasteiger partial charge in [0, 0.05) is 6.61 Å². The van der Waals surface area contributed by atoms with Crippen LogP contribution in [0.15, 0.2) is 42.5 Å². The largest absolute Gasteiger partial charge is 0.396 e. The van der Waals surface area contributed by atoms with Gasteiger partial charge in [-0.25, -0.2) is 0 Å².